The molecule has 1 aliphatic heterocycles. The van der Waals surface area contributed by atoms with Crippen molar-refractivity contribution in [3.63, 3.8) is 0 Å². The first kappa shape index (κ1) is 25.4. The first-order valence-electron chi connectivity index (χ1n) is 11.4. The van der Waals surface area contributed by atoms with Crippen LogP contribution in [0.2, 0.25) is 0 Å². The Morgan fingerprint density at radius 3 is 2.42 bits per heavy atom. The summed E-state index contributed by atoms with van der Waals surface area (Å²) in [7, 11) is 2.03. The highest BCUT2D eigenvalue weighted by molar-refractivity contribution is 5.79. The van der Waals surface area contributed by atoms with Gasteiger partial charge in [-0.05, 0) is 30.3 Å². The van der Waals surface area contributed by atoms with Gasteiger partial charge in [0, 0.05) is 43.5 Å². The van der Waals surface area contributed by atoms with Gasteiger partial charge in [0.1, 0.15) is 12.4 Å². The Kier molecular flexibility index (Phi) is 7.44. The first-order chi connectivity index (χ1) is 17.1. The fourth-order valence-electron chi connectivity index (χ4n) is 4.05. The number of piperazine rings is 1. The fraction of sp³-hybridized carbons (Fsp3) is 0.308. The van der Waals surface area contributed by atoms with Crippen molar-refractivity contribution in [2.24, 2.45) is 0 Å². The molecule has 0 bridgehead atoms. The topological polar surface area (TPSA) is 71.7 Å². The van der Waals surface area contributed by atoms with Crippen molar-refractivity contribution < 1.29 is 27.1 Å². The molecule has 1 saturated heterocycles. The molecule has 0 saturated carbocycles. The number of carbonyl (C=O) groups excluding carboxylic acids is 1. The van der Waals surface area contributed by atoms with Gasteiger partial charge in [-0.3, -0.25) is 4.79 Å². The van der Waals surface area contributed by atoms with Gasteiger partial charge in [0.2, 0.25) is 5.91 Å². The maximum Gasteiger partial charge on any atom is 0.419 e. The minimum atomic E-state index is -4.86. The molecule has 1 aromatic heterocycles. The predicted molar refractivity (Wildman–Crippen MR) is 128 cm³/mol. The highest BCUT2D eigenvalue weighted by Gasteiger charge is 2.36. The molecule has 0 spiro atoms. The third-order valence-corrected chi connectivity index (χ3v) is 6.15. The summed E-state index contributed by atoms with van der Waals surface area (Å²) in [5.74, 6) is -1.21. The van der Waals surface area contributed by atoms with Gasteiger partial charge in [0.15, 0.2) is 11.6 Å². The van der Waals surface area contributed by atoms with Crippen LogP contribution in [0.1, 0.15) is 16.7 Å². The van der Waals surface area contributed by atoms with E-state index >= 15 is 0 Å². The molecule has 0 radical (unpaired) electrons. The van der Waals surface area contributed by atoms with Crippen molar-refractivity contribution in [3.05, 3.63) is 77.2 Å². The number of pyridine rings is 1. The van der Waals surface area contributed by atoms with Gasteiger partial charge in [-0.25, -0.2) is 9.37 Å². The van der Waals surface area contributed by atoms with E-state index < -0.39 is 24.2 Å². The number of anilines is 1. The molecule has 2 aromatic carbocycles. The number of halogens is 4. The number of nitrogen functional groups attached to an aromatic ring is 1. The van der Waals surface area contributed by atoms with Gasteiger partial charge >= 0.3 is 6.18 Å². The maximum absolute atomic E-state index is 13.8. The van der Waals surface area contributed by atoms with E-state index in [1.807, 2.05) is 36.2 Å². The summed E-state index contributed by atoms with van der Waals surface area (Å²) in [5.41, 5.74) is 6.42. The lowest BCUT2D eigenvalue weighted by Gasteiger charge is -2.32. The number of amides is 1. The Morgan fingerprint density at radius 2 is 1.75 bits per heavy atom. The summed E-state index contributed by atoms with van der Waals surface area (Å²) >= 11 is 0. The zero-order valence-corrected chi connectivity index (χ0v) is 19.7. The van der Waals surface area contributed by atoms with Crippen LogP contribution in [-0.2, 0) is 24.0 Å². The quantitative estimate of drug-likeness (QED) is 0.507. The number of aromatic nitrogens is 1. The SMILES string of the molecule is CN1CCN(C(=O)Cc2ccc(-c3cnc(N)c(OCc4cccc(F)c4C(F)(F)F)c3)cc2)CC1. The third kappa shape index (κ3) is 5.93. The van der Waals surface area contributed by atoms with E-state index in [1.54, 1.807) is 6.07 Å². The summed E-state index contributed by atoms with van der Waals surface area (Å²) in [5, 5.41) is 0. The van der Waals surface area contributed by atoms with Gasteiger partial charge in [0.05, 0.1) is 12.0 Å². The van der Waals surface area contributed by atoms with Crippen molar-refractivity contribution in [2.75, 3.05) is 39.0 Å². The van der Waals surface area contributed by atoms with Gasteiger partial charge in [-0.15, -0.1) is 0 Å². The molecular weight excluding hydrogens is 476 g/mol. The van der Waals surface area contributed by atoms with E-state index in [4.69, 9.17) is 10.5 Å². The molecule has 1 fully saturated rings. The highest BCUT2D eigenvalue weighted by atomic mass is 19.4. The molecule has 0 unspecified atom stereocenters. The number of ether oxygens (including phenoxy) is 1. The predicted octanol–water partition coefficient (Wildman–Crippen LogP) is 4.38. The smallest absolute Gasteiger partial charge is 0.419 e. The number of benzene rings is 2. The number of nitrogens with zero attached hydrogens (tertiary/aromatic N) is 3. The fourth-order valence-corrected chi connectivity index (χ4v) is 4.05. The largest absolute Gasteiger partial charge is 0.485 e. The van der Waals surface area contributed by atoms with Crippen LogP contribution in [0.3, 0.4) is 0 Å². The zero-order valence-electron chi connectivity index (χ0n) is 19.7. The summed E-state index contributed by atoms with van der Waals surface area (Å²) in [6, 6.07) is 12.0. The Bertz CT molecular complexity index is 1220. The zero-order chi connectivity index (χ0) is 25.9. The number of hydrogen-bond donors (Lipinski definition) is 1. The lowest BCUT2D eigenvalue weighted by atomic mass is 10.0. The minimum absolute atomic E-state index is 0.00175. The molecule has 2 heterocycles. The number of carbonyl (C=O) groups is 1. The molecule has 0 aliphatic carbocycles. The monoisotopic (exact) mass is 502 g/mol. The van der Waals surface area contributed by atoms with E-state index in [0.717, 1.165) is 36.3 Å². The molecular formula is C26H26F4N4O2. The summed E-state index contributed by atoms with van der Waals surface area (Å²) in [6.45, 7) is 2.61. The Balaban J connectivity index is 1.45. The van der Waals surface area contributed by atoms with E-state index in [1.165, 1.54) is 12.3 Å². The normalized spacial score (nSPS) is 14.6. The third-order valence-electron chi connectivity index (χ3n) is 6.15. The van der Waals surface area contributed by atoms with E-state index in [2.05, 4.69) is 9.88 Å². The second-order valence-electron chi connectivity index (χ2n) is 8.73. The van der Waals surface area contributed by atoms with Crippen molar-refractivity contribution in [2.45, 2.75) is 19.2 Å². The van der Waals surface area contributed by atoms with Crippen molar-refractivity contribution in [1.29, 1.82) is 0 Å². The van der Waals surface area contributed by atoms with Crippen LogP contribution >= 0.6 is 0 Å². The van der Waals surface area contributed by atoms with Crippen LogP contribution in [0.15, 0.2) is 54.7 Å². The summed E-state index contributed by atoms with van der Waals surface area (Å²) in [4.78, 5) is 20.7. The summed E-state index contributed by atoms with van der Waals surface area (Å²) in [6.07, 6.45) is -3.04. The Morgan fingerprint density at radius 1 is 1.06 bits per heavy atom. The molecule has 36 heavy (non-hydrogen) atoms. The molecule has 0 atom stereocenters. The number of alkyl halides is 3. The molecule has 3 aromatic rings. The summed E-state index contributed by atoms with van der Waals surface area (Å²) < 4.78 is 59.2. The maximum atomic E-state index is 13.8. The number of hydrogen-bond acceptors (Lipinski definition) is 5. The van der Waals surface area contributed by atoms with Crippen LogP contribution in [0, 0.1) is 5.82 Å². The minimum Gasteiger partial charge on any atom is -0.485 e. The Labute approximate surface area is 206 Å². The van der Waals surface area contributed by atoms with Gasteiger partial charge in [-0.1, -0.05) is 36.4 Å². The Hall–Kier alpha value is -3.66. The van der Waals surface area contributed by atoms with Crippen LogP contribution in [0.4, 0.5) is 23.4 Å². The highest BCUT2D eigenvalue weighted by Crippen LogP contribution is 2.35. The lowest BCUT2D eigenvalue weighted by molar-refractivity contribution is -0.141. The number of likely N-dealkylation sites (N-methyl/N-ethyl adjacent to an activating group) is 1. The van der Waals surface area contributed by atoms with Gasteiger partial charge in [0.25, 0.3) is 0 Å². The van der Waals surface area contributed by atoms with Crippen molar-refractivity contribution >= 4 is 11.7 Å². The molecule has 1 aliphatic rings. The van der Waals surface area contributed by atoms with E-state index in [9.17, 15) is 22.4 Å². The molecule has 4 rings (SSSR count). The second-order valence-corrected chi connectivity index (χ2v) is 8.73. The van der Waals surface area contributed by atoms with E-state index in [0.29, 0.717) is 25.1 Å². The molecule has 6 nitrogen and oxygen atoms in total. The standard InChI is InChI=1S/C26H26F4N4O2/c1-33-9-11-34(12-10-33)23(35)13-17-5-7-18(8-6-17)20-14-22(25(31)32-15-20)36-16-19-3-2-4-21(27)24(19)26(28,29)30/h2-8,14-15H,9-13,16H2,1H3,(H2,31,32). The number of rotatable bonds is 6. The molecule has 10 heteroatoms. The van der Waals surface area contributed by atoms with Crippen LogP contribution < -0.4 is 10.5 Å². The van der Waals surface area contributed by atoms with Crippen molar-refractivity contribution in [1.82, 2.24) is 14.8 Å². The van der Waals surface area contributed by atoms with E-state index in [-0.39, 0.29) is 23.0 Å². The molecule has 1 amide bonds. The lowest BCUT2D eigenvalue weighted by Crippen LogP contribution is -2.47. The second kappa shape index (κ2) is 10.5. The van der Waals surface area contributed by atoms with Crippen LogP contribution in [-0.4, -0.2) is 53.9 Å². The van der Waals surface area contributed by atoms with Crippen molar-refractivity contribution in [3.8, 4) is 16.9 Å². The number of nitrogens with two attached hydrogens (primary N) is 1. The molecule has 2 N–H and O–H groups in total. The van der Waals surface area contributed by atoms with Crippen LogP contribution in [0.5, 0.6) is 5.75 Å². The first-order valence-corrected chi connectivity index (χ1v) is 11.4. The average molecular weight is 503 g/mol. The van der Waals surface area contributed by atoms with Gasteiger partial charge < -0.3 is 20.3 Å². The molecule has 190 valence electrons. The average Bonchev–Trinajstić information content (AvgIpc) is 2.83. The van der Waals surface area contributed by atoms with Crippen LogP contribution in [0.25, 0.3) is 11.1 Å². The van der Waals surface area contributed by atoms with Gasteiger partial charge in [-0.2, -0.15) is 13.2 Å².